The van der Waals surface area contributed by atoms with Gasteiger partial charge in [-0.2, -0.15) is 0 Å². The summed E-state index contributed by atoms with van der Waals surface area (Å²) in [5, 5.41) is 5.39. The lowest BCUT2D eigenvalue weighted by Crippen LogP contribution is -2.28. The maximum atomic E-state index is 13.0. The Labute approximate surface area is 181 Å². The van der Waals surface area contributed by atoms with Crippen LogP contribution in [0.3, 0.4) is 0 Å². The van der Waals surface area contributed by atoms with Crippen molar-refractivity contribution in [2.24, 2.45) is 0 Å². The normalized spacial score (nSPS) is 10.7. The second kappa shape index (κ2) is 12.1. The van der Waals surface area contributed by atoms with Gasteiger partial charge in [0.25, 0.3) is 5.91 Å². The van der Waals surface area contributed by atoms with E-state index >= 15 is 0 Å². The van der Waals surface area contributed by atoms with Crippen LogP contribution in [0, 0.1) is 5.82 Å². The van der Waals surface area contributed by atoms with Crippen LogP contribution in [0.5, 0.6) is 5.75 Å². The van der Waals surface area contributed by atoms with Crippen molar-refractivity contribution < 1.29 is 18.7 Å². The zero-order valence-electron chi connectivity index (χ0n) is 17.2. The highest BCUT2D eigenvalue weighted by Gasteiger charge is 2.11. The van der Waals surface area contributed by atoms with Crippen molar-refractivity contribution >= 4 is 29.1 Å². The number of hydrogen-bond donors (Lipinski definition) is 2. The Morgan fingerprint density at radius 3 is 2.43 bits per heavy atom. The average Bonchev–Trinajstić information content (AvgIpc) is 2.72. The van der Waals surface area contributed by atoms with Gasteiger partial charge < -0.3 is 20.3 Å². The fourth-order valence-corrected chi connectivity index (χ4v) is 3.00. The maximum absolute atomic E-state index is 13.0. The lowest BCUT2D eigenvalue weighted by atomic mass is 10.2. The van der Waals surface area contributed by atoms with Crippen molar-refractivity contribution in [3.8, 4) is 5.75 Å². The second-order valence-corrected chi connectivity index (χ2v) is 6.99. The number of halogens is 2. The third kappa shape index (κ3) is 7.65. The van der Waals surface area contributed by atoms with Gasteiger partial charge >= 0.3 is 0 Å². The van der Waals surface area contributed by atoms with Gasteiger partial charge in [0, 0.05) is 25.2 Å². The topological polar surface area (TPSA) is 70.7 Å². The molecule has 0 bridgehead atoms. The summed E-state index contributed by atoms with van der Waals surface area (Å²) in [7, 11) is 0. The molecular weight excluding hydrogens is 409 g/mol. The number of rotatable bonds is 11. The summed E-state index contributed by atoms with van der Waals surface area (Å²) in [5.41, 5.74) is 0.805. The van der Waals surface area contributed by atoms with Crippen LogP contribution < -0.4 is 15.4 Å². The molecule has 0 atom stereocenters. The maximum Gasteiger partial charge on any atom is 0.252 e. The fraction of sp³-hybridized carbons (Fsp3) is 0.364. The molecule has 0 fully saturated rings. The Balaban J connectivity index is 1.72. The number of hydrogen-bond acceptors (Lipinski definition) is 4. The molecule has 2 amide bonds. The first-order valence-electron chi connectivity index (χ1n) is 9.91. The molecule has 162 valence electrons. The van der Waals surface area contributed by atoms with E-state index in [0.717, 1.165) is 37.5 Å². The number of carbonyl (C=O) groups excluding carboxylic acids is 2. The van der Waals surface area contributed by atoms with Gasteiger partial charge in [0.15, 0.2) is 0 Å². The van der Waals surface area contributed by atoms with E-state index in [0.29, 0.717) is 12.3 Å². The number of carbonyl (C=O) groups is 2. The largest absolute Gasteiger partial charge is 0.492 e. The summed E-state index contributed by atoms with van der Waals surface area (Å²) in [4.78, 5) is 26.4. The minimum atomic E-state index is -0.517. The van der Waals surface area contributed by atoms with E-state index in [1.807, 2.05) is 0 Å². The zero-order valence-corrected chi connectivity index (χ0v) is 18.0. The van der Waals surface area contributed by atoms with Crippen molar-refractivity contribution in [1.29, 1.82) is 0 Å². The Morgan fingerprint density at radius 1 is 1.10 bits per heavy atom. The molecule has 0 aromatic heterocycles. The van der Waals surface area contributed by atoms with Gasteiger partial charge in [0.05, 0.1) is 10.6 Å². The summed E-state index contributed by atoms with van der Waals surface area (Å²) in [6, 6.07) is 10.7. The molecule has 0 unspecified atom stereocenters. The van der Waals surface area contributed by atoms with Crippen molar-refractivity contribution in [1.82, 2.24) is 10.2 Å². The van der Waals surface area contributed by atoms with Gasteiger partial charge in [-0.1, -0.05) is 25.4 Å². The molecule has 8 heteroatoms. The van der Waals surface area contributed by atoms with Crippen molar-refractivity contribution in [3.05, 3.63) is 58.9 Å². The smallest absolute Gasteiger partial charge is 0.252 e. The van der Waals surface area contributed by atoms with Crippen molar-refractivity contribution in [2.75, 3.05) is 38.1 Å². The first kappa shape index (κ1) is 23.6. The number of amides is 2. The van der Waals surface area contributed by atoms with Crippen LogP contribution in [-0.4, -0.2) is 49.5 Å². The quantitative estimate of drug-likeness (QED) is 0.560. The average molecular weight is 436 g/mol. The van der Waals surface area contributed by atoms with E-state index in [1.165, 1.54) is 6.07 Å². The SMILES string of the molecule is CCN(CC)CCOc1ccc(NC(=O)CCNC(=O)c2ccc(F)cc2Cl)cc1. The van der Waals surface area contributed by atoms with Gasteiger partial charge in [0.2, 0.25) is 5.91 Å². The highest BCUT2D eigenvalue weighted by Crippen LogP contribution is 2.17. The van der Waals surface area contributed by atoms with Gasteiger partial charge in [0.1, 0.15) is 18.2 Å². The summed E-state index contributed by atoms with van der Waals surface area (Å²) >= 11 is 5.86. The second-order valence-electron chi connectivity index (χ2n) is 6.58. The molecular formula is C22H27ClFN3O3. The summed E-state index contributed by atoms with van der Waals surface area (Å²) in [5.74, 6) is -0.477. The molecule has 0 aliphatic heterocycles. The first-order chi connectivity index (χ1) is 14.4. The molecule has 0 spiro atoms. The molecule has 0 aliphatic carbocycles. The van der Waals surface area contributed by atoms with Gasteiger partial charge in [-0.05, 0) is 55.6 Å². The number of nitrogens with zero attached hydrogens (tertiary/aromatic N) is 1. The standard InChI is InChI=1S/C22H27ClFN3O3/c1-3-27(4-2)13-14-30-18-8-6-17(7-9-18)26-21(28)11-12-25-22(29)19-10-5-16(24)15-20(19)23/h5-10,15H,3-4,11-14H2,1-2H3,(H,25,29)(H,26,28). The Kier molecular flexibility index (Phi) is 9.57. The Morgan fingerprint density at radius 2 is 1.80 bits per heavy atom. The van der Waals surface area contributed by atoms with Crippen LogP contribution >= 0.6 is 11.6 Å². The number of benzene rings is 2. The van der Waals surface area contributed by atoms with Gasteiger partial charge in [-0.25, -0.2) is 4.39 Å². The minimum Gasteiger partial charge on any atom is -0.492 e. The Bertz CT molecular complexity index is 842. The molecule has 0 saturated carbocycles. The zero-order chi connectivity index (χ0) is 21.9. The van der Waals surface area contributed by atoms with Crippen LogP contribution in [0.4, 0.5) is 10.1 Å². The van der Waals surface area contributed by atoms with Gasteiger partial charge in [-0.3, -0.25) is 9.59 Å². The highest BCUT2D eigenvalue weighted by molar-refractivity contribution is 6.33. The third-order valence-electron chi connectivity index (χ3n) is 4.52. The molecule has 2 aromatic rings. The molecule has 30 heavy (non-hydrogen) atoms. The number of ether oxygens (including phenoxy) is 1. The molecule has 0 radical (unpaired) electrons. The van der Waals surface area contributed by atoms with E-state index in [-0.39, 0.29) is 29.5 Å². The summed E-state index contributed by atoms with van der Waals surface area (Å²) in [6.45, 7) is 7.80. The highest BCUT2D eigenvalue weighted by atomic mass is 35.5. The first-order valence-corrected chi connectivity index (χ1v) is 10.3. The van der Waals surface area contributed by atoms with E-state index in [4.69, 9.17) is 16.3 Å². The molecule has 0 aliphatic rings. The van der Waals surface area contributed by atoms with Crippen molar-refractivity contribution in [3.63, 3.8) is 0 Å². The number of likely N-dealkylation sites (N-methyl/N-ethyl adjacent to an activating group) is 1. The fourth-order valence-electron chi connectivity index (χ4n) is 2.75. The third-order valence-corrected chi connectivity index (χ3v) is 4.83. The molecule has 6 nitrogen and oxygen atoms in total. The van der Waals surface area contributed by atoms with E-state index in [2.05, 4.69) is 29.4 Å². The Hall–Kier alpha value is -2.64. The molecule has 2 aromatic carbocycles. The minimum absolute atomic E-state index is 0.0244. The van der Waals surface area contributed by atoms with Crippen LogP contribution in [0.25, 0.3) is 0 Å². The van der Waals surface area contributed by atoms with E-state index < -0.39 is 11.7 Å². The van der Waals surface area contributed by atoms with Crippen LogP contribution in [0.1, 0.15) is 30.6 Å². The monoisotopic (exact) mass is 435 g/mol. The molecule has 0 saturated heterocycles. The number of anilines is 1. The summed E-state index contributed by atoms with van der Waals surface area (Å²) < 4.78 is 18.8. The lowest BCUT2D eigenvalue weighted by molar-refractivity contribution is -0.116. The van der Waals surface area contributed by atoms with Gasteiger partial charge in [-0.15, -0.1) is 0 Å². The van der Waals surface area contributed by atoms with Crippen LogP contribution in [0.2, 0.25) is 5.02 Å². The summed E-state index contributed by atoms with van der Waals surface area (Å²) in [6.07, 6.45) is 0.0900. The van der Waals surface area contributed by atoms with Crippen LogP contribution in [-0.2, 0) is 4.79 Å². The van der Waals surface area contributed by atoms with Crippen molar-refractivity contribution in [2.45, 2.75) is 20.3 Å². The van der Waals surface area contributed by atoms with E-state index in [9.17, 15) is 14.0 Å². The molecule has 0 heterocycles. The molecule has 2 N–H and O–H groups in total. The lowest BCUT2D eigenvalue weighted by Gasteiger charge is -2.18. The predicted octanol–water partition coefficient (Wildman–Crippen LogP) is 3.96. The van der Waals surface area contributed by atoms with Crippen LogP contribution in [0.15, 0.2) is 42.5 Å². The molecule has 2 rings (SSSR count). The van der Waals surface area contributed by atoms with E-state index in [1.54, 1.807) is 24.3 Å². The number of nitrogens with one attached hydrogen (secondary N) is 2. The predicted molar refractivity (Wildman–Crippen MR) is 117 cm³/mol.